The van der Waals surface area contributed by atoms with Crippen LogP contribution in [0.2, 0.25) is 0 Å². The number of furan rings is 1. The van der Waals surface area contributed by atoms with Gasteiger partial charge in [0.25, 0.3) is 5.91 Å². The molecular formula is C25H29N3O6. The minimum atomic E-state index is -0.324. The monoisotopic (exact) mass is 467 g/mol. The van der Waals surface area contributed by atoms with E-state index in [-0.39, 0.29) is 17.9 Å². The topological polar surface area (TPSA) is 102 Å². The Kier molecular flexibility index (Phi) is 7.10. The first kappa shape index (κ1) is 23.3. The first-order valence-corrected chi connectivity index (χ1v) is 11.1. The van der Waals surface area contributed by atoms with Crippen LogP contribution in [0.25, 0.3) is 11.0 Å². The van der Waals surface area contributed by atoms with E-state index < -0.39 is 0 Å². The summed E-state index contributed by atoms with van der Waals surface area (Å²) < 4.78 is 21.7. The smallest absolute Gasteiger partial charge is 0.319 e. The summed E-state index contributed by atoms with van der Waals surface area (Å²) >= 11 is 0. The van der Waals surface area contributed by atoms with Crippen molar-refractivity contribution >= 4 is 28.6 Å². The first-order valence-electron chi connectivity index (χ1n) is 11.1. The average molecular weight is 468 g/mol. The van der Waals surface area contributed by atoms with Gasteiger partial charge in [0.15, 0.2) is 17.3 Å². The predicted octanol–water partition coefficient (Wildman–Crippen LogP) is 4.13. The van der Waals surface area contributed by atoms with E-state index in [1.165, 1.54) is 21.3 Å². The van der Waals surface area contributed by atoms with Crippen LogP contribution < -0.4 is 24.8 Å². The molecule has 3 amide bonds. The van der Waals surface area contributed by atoms with Gasteiger partial charge >= 0.3 is 6.03 Å². The van der Waals surface area contributed by atoms with E-state index in [0.29, 0.717) is 53.9 Å². The number of fused-ring (bicyclic) bond motifs is 1. The Bertz CT molecular complexity index is 1110. The number of urea groups is 1. The third-order valence-corrected chi connectivity index (χ3v) is 6.01. The summed E-state index contributed by atoms with van der Waals surface area (Å²) in [5.74, 6) is 1.92. The predicted molar refractivity (Wildman–Crippen MR) is 128 cm³/mol. The highest BCUT2D eigenvalue weighted by atomic mass is 16.5. The van der Waals surface area contributed by atoms with Gasteiger partial charge in [0.2, 0.25) is 5.75 Å². The van der Waals surface area contributed by atoms with Crippen molar-refractivity contribution in [2.75, 3.05) is 46.3 Å². The molecule has 4 rings (SSSR count). The number of methoxy groups -OCH3 is 3. The van der Waals surface area contributed by atoms with Crippen molar-refractivity contribution in [2.45, 2.75) is 12.8 Å². The molecule has 1 aliphatic rings. The van der Waals surface area contributed by atoms with Gasteiger partial charge in [-0.2, -0.15) is 0 Å². The largest absolute Gasteiger partial charge is 0.493 e. The Morgan fingerprint density at radius 1 is 1.00 bits per heavy atom. The number of anilines is 1. The molecule has 2 aromatic carbocycles. The molecule has 180 valence electrons. The molecule has 0 spiro atoms. The lowest BCUT2D eigenvalue weighted by molar-refractivity contribution is 0.0661. The number of amides is 3. The van der Waals surface area contributed by atoms with Crippen molar-refractivity contribution in [3.8, 4) is 17.2 Å². The zero-order valence-electron chi connectivity index (χ0n) is 19.6. The molecule has 1 fully saturated rings. The quantitative estimate of drug-likeness (QED) is 0.542. The van der Waals surface area contributed by atoms with Crippen LogP contribution in [-0.4, -0.2) is 57.8 Å². The van der Waals surface area contributed by atoms with E-state index in [9.17, 15) is 9.59 Å². The molecule has 0 aliphatic carbocycles. The van der Waals surface area contributed by atoms with E-state index in [4.69, 9.17) is 18.6 Å². The number of nitrogens with zero attached hydrogens (tertiary/aromatic N) is 1. The summed E-state index contributed by atoms with van der Waals surface area (Å²) in [6.07, 6.45) is 1.60. The number of para-hydroxylation sites is 1. The molecule has 9 heteroatoms. The van der Waals surface area contributed by atoms with Gasteiger partial charge < -0.3 is 34.2 Å². The van der Waals surface area contributed by atoms with Gasteiger partial charge in [-0.15, -0.1) is 0 Å². The molecule has 0 radical (unpaired) electrons. The average Bonchev–Trinajstić information content (AvgIpc) is 3.31. The second kappa shape index (κ2) is 10.4. The van der Waals surface area contributed by atoms with Gasteiger partial charge in [0.05, 0.1) is 27.0 Å². The molecule has 1 aliphatic heterocycles. The number of likely N-dealkylation sites (tertiary alicyclic amines) is 1. The van der Waals surface area contributed by atoms with Gasteiger partial charge in [0.1, 0.15) is 5.58 Å². The fraction of sp³-hybridized carbons (Fsp3) is 0.360. The normalized spacial score (nSPS) is 14.0. The van der Waals surface area contributed by atoms with Crippen molar-refractivity contribution in [3.63, 3.8) is 0 Å². The van der Waals surface area contributed by atoms with Gasteiger partial charge in [-0.1, -0.05) is 18.2 Å². The van der Waals surface area contributed by atoms with Crippen molar-refractivity contribution in [1.82, 2.24) is 10.2 Å². The Morgan fingerprint density at radius 2 is 1.68 bits per heavy atom. The molecule has 0 bridgehead atoms. The number of benzene rings is 2. The molecule has 9 nitrogen and oxygen atoms in total. The lowest BCUT2D eigenvalue weighted by atomic mass is 9.96. The summed E-state index contributed by atoms with van der Waals surface area (Å²) in [6.45, 7) is 1.76. The lowest BCUT2D eigenvalue weighted by Gasteiger charge is -2.31. The SMILES string of the molecule is COc1cc(NC(=O)NCC2CCN(C(=O)c3cc4ccccc4o3)CC2)cc(OC)c1OC. The fourth-order valence-corrected chi connectivity index (χ4v) is 4.15. The minimum Gasteiger partial charge on any atom is -0.493 e. The van der Waals surface area contributed by atoms with Crippen LogP contribution in [0.15, 0.2) is 46.9 Å². The van der Waals surface area contributed by atoms with Gasteiger partial charge in [-0.25, -0.2) is 4.79 Å². The van der Waals surface area contributed by atoms with E-state index in [1.54, 1.807) is 18.2 Å². The van der Waals surface area contributed by atoms with Crippen molar-refractivity contribution in [2.24, 2.45) is 5.92 Å². The van der Waals surface area contributed by atoms with E-state index in [1.807, 2.05) is 29.2 Å². The Balaban J connectivity index is 1.27. The molecule has 3 aromatic rings. The number of rotatable bonds is 7. The molecule has 1 saturated heterocycles. The highest BCUT2D eigenvalue weighted by Crippen LogP contribution is 2.39. The first-order chi connectivity index (χ1) is 16.5. The standard InChI is InChI=1S/C25H29N3O6/c1-31-20-13-18(14-21(32-2)23(20)33-3)27-25(30)26-15-16-8-10-28(11-9-16)24(29)22-12-17-6-4-5-7-19(17)34-22/h4-7,12-14,16H,8-11,15H2,1-3H3,(H2,26,27,30). The number of carbonyl (C=O) groups is 2. The number of hydrogen-bond donors (Lipinski definition) is 2. The molecule has 0 unspecified atom stereocenters. The maximum atomic E-state index is 12.8. The van der Waals surface area contributed by atoms with E-state index >= 15 is 0 Å². The third-order valence-electron chi connectivity index (χ3n) is 6.01. The highest BCUT2D eigenvalue weighted by Gasteiger charge is 2.26. The molecule has 34 heavy (non-hydrogen) atoms. The van der Waals surface area contributed by atoms with Crippen LogP contribution in [0.4, 0.5) is 10.5 Å². The second-order valence-electron chi connectivity index (χ2n) is 8.13. The number of carbonyl (C=O) groups excluding carboxylic acids is 2. The van der Waals surface area contributed by atoms with Crippen LogP contribution in [0, 0.1) is 5.92 Å². The van der Waals surface area contributed by atoms with Gasteiger partial charge in [-0.3, -0.25) is 4.79 Å². The number of ether oxygens (including phenoxy) is 3. The van der Waals surface area contributed by atoms with Crippen LogP contribution in [0.1, 0.15) is 23.4 Å². The second-order valence-corrected chi connectivity index (χ2v) is 8.13. The van der Waals surface area contributed by atoms with Crippen molar-refractivity contribution < 1.29 is 28.2 Å². The van der Waals surface area contributed by atoms with Crippen LogP contribution in [-0.2, 0) is 0 Å². The molecule has 2 heterocycles. The van der Waals surface area contributed by atoms with E-state index in [0.717, 1.165) is 18.2 Å². The third kappa shape index (κ3) is 5.03. The summed E-state index contributed by atoms with van der Waals surface area (Å²) in [4.78, 5) is 27.1. The maximum Gasteiger partial charge on any atom is 0.319 e. The Hall–Kier alpha value is -3.88. The maximum absolute atomic E-state index is 12.8. The highest BCUT2D eigenvalue weighted by molar-refractivity contribution is 5.96. The van der Waals surface area contributed by atoms with Gasteiger partial charge in [-0.05, 0) is 30.9 Å². The zero-order chi connectivity index (χ0) is 24.1. The Labute approximate surface area is 197 Å². The number of nitrogens with one attached hydrogen (secondary N) is 2. The molecular weight excluding hydrogens is 438 g/mol. The number of hydrogen-bond acceptors (Lipinski definition) is 6. The summed E-state index contributed by atoms with van der Waals surface area (Å²) in [5.41, 5.74) is 1.24. The summed E-state index contributed by atoms with van der Waals surface area (Å²) in [7, 11) is 4.56. The van der Waals surface area contributed by atoms with Crippen LogP contribution >= 0.6 is 0 Å². The molecule has 1 aromatic heterocycles. The van der Waals surface area contributed by atoms with E-state index in [2.05, 4.69) is 10.6 Å². The molecule has 2 N–H and O–H groups in total. The number of piperidine rings is 1. The van der Waals surface area contributed by atoms with Crippen LogP contribution in [0.3, 0.4) is 0 Å². The minimum absolute atomic E-state index is 0.0947. The fourth-order valence-electron chi connectivity index (χ4n) is 4.15. The van der Waals surface area contributed by atoms with Crippen molar-refractivity contribution in [1.29, 1.82) is 0 Å². The molecule has 0 atom stereocenters. The Morgan fingerprint density at radius 3 is 2.29 bits per heavy atom. The van der Waals surface area contributed by atoms with Crippen LogP contribution in [0.5, 0.6) is 17.2 Å². The van der Waals surface area contributed by atoms with Crippen molar-refractivity contribution in [3.05, 3.63) is 48.2 Å². The van der Waals surface area contributed by atoms with Gasteiger partial charge in [0, 0.05) is 37.2 Å². The lowest BCUT2D eigenvalue weighted by Crippen LogP contribution is -2.42. The summed E-state index contributed by atoms with van der Waals surface area (Å²) in [6, 6.07) is 12.4. The summed E-state index contributed by atoms with van der Waals surface area (Å²) in [5, 5.41) is 6.63. The molecule has 0 saturated carbocycles. The zero-order valence-corrected chi connectivity index (χ0v) is 19.6.